The van der Waals surface area contributed by atoms with Gasteiger partial charge in [0.2, 0.25) is 0 Å². The van der Waals surface area contributed by atoms with Gasteiger partial charge >= 0.3 is 0 Å². The molecule has 0 bridgehead atoms. The highest BCUT2D eigenvalue weighted by Gasteiger charge is 2.19. The molecule has 32 heavy (non-hydrogen) atoms. The van der Waals surface area contributed by atoms with Crippen LogP contribution < -0.4 is 0 Å². The molecule has 8 aromatic rings. The Morgan fingerprint density at radius 3 is 0.969 bits per heavy atom. The molecule has 0 heterocycles. The van der Waals surface area contributed by atoms with E-state index >= 15 is 0 Å². The number of aryl methyl sites for hydroxylation is 2. The van der Waals surface area contributed by atoms with Gasteiger partial charge in [-0.15, -0.1) is 0 Å². The van der Waals surface area contributed by atoms with Crippen molar-refractivity contribution in [1.29, 1.82) is 0 Å². The van der Waals surface area contributed by atoms with Crippen molar-refractivity contribution < 1.29 is 0 Å². The fraction of sp³-hybridized carbons (Fsp3) is 0.0625. The molecule has 0 amide bonds. The minimum atomic E-state index is 1.34. The molecule has 0 radical (unpaired) electrons. The van der Waals surface area contributed by atoms with Crippen LogP contribution in [-0.4, -0.2) is 0 Å². The van der Waals surface area contributed by atoms with Crippen LogP contribution in [0.15, 0.2) is 84.9 Å². The van der Waals surface area contributed by atoms with Gasteiger partial charge in [0.15, 0.2) is 0 Å². The Hall–Kier alpha value is -3.90. The van der Waals surface area contributed by atoms with Gasteiger partial charge in [-0.25, -0.2) is 0 Å². The minimum absolute atomic E-state index is 1.34. The fourth-order valence-corrected chi connectivity index (χ4v) is 6.40. The second-order valence-corrected chi connectivity index (χ2v) is 9.39. The molecular weight excluding hydrogens is 384 g/mol. The molecule has 148 valence electrons. The van der Waals surface area contributed by atoms with Crippen LogP contribution in [0.25, 0.3) is 75.4 Å². The molecule has 0 aliphatic rings. The second kappa shape index (κ2) is 5.47. The van der Waals surface area contributed by atoms with Gasteiger partial charge in [0.1, 0.15) is 0 Å². The van der Waals surface area contributed by atoms with Gasteiger partial charge in [0.05, 0.1) is 0 Å². The van der Waals surface area contributed by atoms with Crippen LogP contribution in [0.5, 0.6) is 0 Å². The summed E-state index contributed by atoms with van der Waals surface area (Å²) in [5.41, 5.74) is 2.69. The van der Waals surface area contributed by atoms with Crippen LogP contribution in [-0.2, 0) is 0 Å². The molecular formula is C32H20. The highest BCUT2D eigenvalue weighted by Crippen LogP contribution is 2.47. The molecule has 8 aromatic carbocycles. The molecule has 0 N–H and O–H groups in total. The molecule has 8 rings (SSSR count). The van der Waals surface area contributed by atoms with Crippen molar-refractivity contribution in [2.45, 2.75) is 13.8 Å². The molecule has 0 heteroatoms. The summed E-state index contributed by atoms with van der Waals surface area (Å²) in [7, 11) is 0. The third-order valence-electron chi connectivity index (χ3n) is 7.84. The lowest BCUT2D eigenvalue weighted by molar-refractivity contribution is 1.55. The van der Waals surface area contributed by atoms with Crippen molar-refractivity contribution in [2.75, 3.05) is 0 Å². The van der Waals surface area contributed by atoms with E-state index in [0.717, 1.165) is 0 Å². The van der Waals surface area contributed by atoms with E-state index in [-0.39, 0.29) is 0 Å². The van der Waals surface area contributed by atoms with Gasteiger partial charge in [-0.1, -0.05) is 84.9 Å². The summed E-state index contributed by atoms with van der Waals surface area (Å²) in [6.45, 7) is 4.44. The van der Waals surface area contributed by atoms with Crippen LogP contribution in [0.2, 0.25) is 0 Å². The highest BCUT2D eigenvalue weighted by molar-refractivity contribution is 6.42. The molecule has 0 saturated carbocycles. The maximum atomic E-state index is 2.37. The Morgan fingerprint density at radius 1 is 0.281 bits per heavy atom. The first-order valence-corrected chi connectivity index (χ1v) is 11.4. The van der Waals surface area contributed by atoms with E-state index in [1.807, 2.05) is 0 Å². The molecule has 0 fully saturated rings. The standard InChI is InChI=1S/C32H20/c1-17-9-11-23-27-15-16-28-24-12-10-18(2)20-6-4-8-22(30(20)24)26-14-13-25(31(27)32(26)28)21-7-3-5-19(17)29(21)23/h3-16H,1-2H3. The number of fused-ring (bicyclic) bond motifs is 4. The van der Waals surface area contributed by atoms with E-state index in [9.17, 15) is 0 Å². The summed E-state index contributed by atoms with van der Waals surface area (Å²) >= 11 is 0. The minimum Gasteiger partial charge on any atom is -0.0610 e. The Labute approximate surface area is 185 Å². The lowest BCUT2D eigenvalue weighted by Gasteiger charge is -2.20. The van der Waals surface area contributed by atoms with Crippen molar-refractivity contribution in [3.05, 3.63) is 96.1 Å². The van der Waals surface area contributed by atoms with Gasteiger partial charge in [0.25, 0.3) is 0 Å². The van der Waals surface area contributed by atoms with E-state index < -0.39 is 0 Å². The zero-order valence-corrected chi connectivity index (χ0v) is 18.1. The van der Waals surface area contributed by atoms with Crippen molar-refractivity contribution in [2.24, 2.45) is 0 Å². The summed E-state index contributed by atoms with van der Waals surface area (Å²) in [6, 6.07) is 32.3. The predicted octanol–water partition coefficient (Wildman–Crippen LogP) is 9.25. The first kappa shape index (κ1) is 16.8. The van der Waals surface area contributed by atoms with Gasteiger partial charge in [-0.3, -0.25) is 0 Å². The van der Waals surface area contributed by atoms with Gasteiger partial charge in [-0.05, 0) is 100 Å². The fourth-order valence-electron chi connectivity index (χ4n) is 6.40. The third kappa shape index (κ3) is 1.78. The number of hydrogen-bond acceptors (Lipinski definition) is 0. The summed E-state index contributed by atoms with van der Waals surface area (Å²) in [5.74, 6) is 0. The van der Waals surface area contributed by atoms with Crippen LogP contribution in [0, 0.1) is 13.8 Å². The summed E-state index contributed by atoms with van der Waals surface area (Å²) in [5, 5.41) is 19.3. The molecule has 0 aliphatic carbocycles. The SMILES string of the molecule is Cc1ccc2c3ccc4c5ccc(C)c6cccc(c7ccc(c8cccc1c82)c3c74)c65. The van der Waals surface area contributed by atoms with Crippen molar-refractivity contribution >= 4 is 75.4 Å². The summed E-state index contributed by atoms with van der Waals surface area (Å²) < 4.78 is 0. The second-order valence-electron chi connectivity index (χ2n) is 9.39. The molecule has 0 aliphatic heterocycles. The summed E-state index contributed by atoms with van der Waals surface area (Å²) in [4.78, 5) is 0. The van der Waals surface area contributed by atoms with E-state index in [4.69, 9.17) is 0 Å². The highest BCUT2D eigenvalue weighted by atomic mass is 14.2. The molecule has 0 nitrogen and oxygen atoms in total. The Bertz CT molecular complexity index is 1820. The molecule has 0 spiro atoms. The maximum Gasteiger partial charge on any atom is -0.00139 e. The molecule has 0 saturated heterocycles. The monoisotopic (exact) mass is 404 g/mol. The smallest absolute Gasteiger partial charge is 0.00139 e. The topological polar surface area (TPSA) is 0 Å². The van der Waals surface area contributed by atoms with E-state index in [1.54, 1.807) is 0 Å². The van der Waals surface area contributed by atoms with E-state index in [2.05, 4.69) is 98.8 Å². The van der Waals surface area contributed by atoms with Crippen LogP contribution >= 0.6 is 0 Å². The lowest BCUT2D eigenvalue weighted by Crippen LogP contribution is -1.92. The Balaban J connectivity index is 1.77. The van der Waals surface area contributed by atoms with E-state index in [0.29, 0.717) is 0 Å². The van der Waals surface area contributed by atoms with Gasteiger partial charge < -0.3 is 0 Å². The average Bonchev–Trinajstić information content (AvgIpc) is 2.83. The van der Waals surface area contributed by atoms with E-state index in [1.165, 1.54) is 86.5 Å². The zero-order chi connectivity index (χ0) is 21.1. The van der Waals surface area contributed by atoms with Crippen LogP contribution in [0.4, 0.5) is 0 Å². The van der Waals surface area contributed by atoms with Crippen molar-refractivity contribution in [3.63, 3.8) is 0 Å². The average molecular weight is 405 g/mol. The van der Waals surface area contributed by atoms with Crippen molar-refractivity contribution in [1.82, 2.24) is 0 Å². The third-order valence-corrected chi connectivity index (χ3v) is 7.84. The molecule has 0 unspecified atom stereocenters. The summed E-state index contributed by atoms with van der Waals surface area (Å²) in [6.07, 6.45) is 0. The zero-order valence-electron chi connectivity index (χ0n) is 18.1. The number of hydrogen-bond donors (Lipinski definition) is 0. The first-order chi connectivity index (χ1) is 15.7. The van der Waals surface area contributed by atoms with Crippen molar-refractivity contribution in [3.8, 4) is 0 Å². The van der Waals surface area contributed by atoms with Gasteiger partial charge in [0, 0.05) is 0 Å². The van der Waals surface area contributed by atoms with Crippen LogP contribution in [0.1, 0.15) is 11.1 Å². The quantitative estimate of drug-likeness (QED) is 0.174. The lowest BCUT2D eigenvalue weighted by atomic mass is 9.83. The largest absolute Gasteiger partial charge is 0.0610 e. The predicted molar refractivity (Wildman–Crippen MR) is 141 cm³/mol. The molecule has 0 atom stereocenters. The normalized spacial score (nSPS) is 12.7. The Kier molecular flexibility index (Phi) is 2.86. The first-order valence-electron chi connectivity index (χ1n) is 11.4. The van der Waals surface area contributed by atoms with Gasteiger partial charge in [-0.2, -0.15) is 0 Å². The number of benzene rings is 8. The Morgan fingerprint density at radius 2 is 0.562 bits per heavy atom. The van der Waals surface area contributed by atoms with Crippen LogP contribution in [0.3, 0.4) is 0 Å². The number of rotatable bonds is 0. The molecule has 0 aromatic heterocycles. The maximum absolute atomic E-state index is 2.37.